The van der Waals surface area contributed by atoms with Gasteiger partial charge >= 0.3 is 11.9 Å². The summed E-state index contributed by atoms with van der Waals surface area (Å²) < 4.78 is 5.39. The average Bonchev–Trinajstić information content (AvgIpc) is 3.00. The summed E-state index contributed by atoms with van der Waals surface area (Å²) in [7, 11) is 0. The number of carboxylic acids is 1. The molecule has 25 heavy (non-hydrogen) atoms. The van der Waals surface area contributed by atoms with E-state index in [1.807, 2.05) is 0 Å². The van der Waals surface area contributed by atoms with Gasteiger partial charge < -0.3 is 20.9 Å². The van der Waals surface area contributed by atoms with Gasteiger partial charge in [0.2, 0.25) is 0 Å². The predicted octanol–water partition coefficient (Wildman–Crippen LogP) is 1.86. The number of amides is 1. The van der Waals surface area contributed by atoms with E-state index in [9.17, 15) is 19.5 Å². The summed E-state index contributed by atoms with van der Waals surface area (Å²) in [6.45, 7) is -0.0926. The van der Waals surface area contributed by atoms with Gasteiger partial charge in [-0.3, -0.25) is 14.4 Å². The molecule has 0 fully saturated rings. The molecule has 2 aromatic rings. The van der Waals surface area contributed by atoms with Crippen LogP contribution in [0.5, 0.6) is 0 Å². The number of aliphatic carboxylic acids is 1. The predicted molar refractivity (Wildman–Crippen MR) is 92.1 cm³/mol. The second kappa shape index (κ2) is 8.61. The molecule has 9 heteroatoms. The van der Waals surface area contributed by atoms with Gasteiger partial charge in [-0.25, -0.2) is 0 Å². The highest BCUT2D eigenvalue weighted by molar-refractivity contribution is 7.18. The maximum atomic E-state index is 12.1. The number of carbonyl (C=O) groups is 3. The Balaban J connectivity index is 1.99. The van der Waals surface area contributed by atoms with Crippen molar-refractivity contribution in [2.45, 2.75) is 12.8 Å². The maximum Gasteiger partial charge on any atom is 0.324 e. The number of hydrogen-bond acceptors (Lipinski definition) is 6. The maximum absolute atomic E-state index is 12.1. The number of carboxylic acid groups (broad SMARTS) is 1. The van der Waals surface area contributed by atoms with Crippen LogP contribution < -0.4 is 11.1 Å². The number of hydrogen-bond donors (Lipinski definition) is 3. The SMILES string of the molecule is NC(NC(=O)c1ccc(Cl)s1)C(C(=O)O)C(=O)OCc1ccccc1. The van der Waals surface area contributed by atoms with Gasteiger partial charge in [0.15, 0.2) is 5.92 Å². The molecule has 0 radical (unpaired) electrons. The summed E-state index contributed by atoms with van der Waals surface area (Å²) in [6.07, 6.45) is -1.45. The number of rotatable bonds is 7. The molecule has 2 unspecified atom stereocenters. The molecular formula is C16H15ClN2O5S. The van der Waals surface area contributed by atoms with Gasteiger partial charge in [0.05, 0.1) is 9.21 Å². The highest BCUT2D eigenvalue weighted by atomic mass is 35.5. The molecule has 0 saturated carbocycles. The van der Waals surface area contributed by atoms with Gasteiger partial charge in [-0.05, 0) is 17.7 Å². The van der Waals surface area contributed by atoms with Gasteiger partial charge in [0, 0.05) is 0 Å². The van der Waals surface area contributed by atoms with Gasteiger partial charge in [-0.1, -0.05) is 41.9 Å². The van der Waals surface area contributed by atoms with E-state index in [4.69, 9.17) is 22.1 Å². The Hall–Kier alpha value is -2.42. The molecule has 2 rings (SSSR count). The third-order valence-corrected chi connectivity index (χ3v) is 4.43. The van der Waals surface area contributed by atoms with E-state index in [1.165, 1.54) is 12.1 Å². The van der Waals surface area contributed by atoms with E-state index < -0.39 is 29.9 Å². The summed E-state index contributed by atoms with van der Waals surface area (Å²) in [4.78, 5) is 35.7. The van der Waals surface area contributed by atoms with Gasteiger partial charge in [-0.2, -0.15) is 0 Å². The average molecular weight is 383 g/mol. The highest BCUT2D eigenvalue weighted by Crippen LogP contribution is 2.21. The molecule has 1 amide bonds. The van der Waals surface area contributed by atoms with Crippen LogP contribution in [0, 0.1) is 5.92 Å². The number of thiophene rings is 1. The fourth-order valence-corrected chi connectivity index (χ4v) is 2.91. The van der Waals surface area contributed by atoms with Crippen LogP contribution in [0.15, 0.2) is 42.5 Å². The number of nitrogens with one attached hydrogen (secondary N) is 1. The fraction of sp³-hybridized carbons (Fsp3) is 0.188. The molecule has 1 aromatic carbocycles. The van der Waals surface area contributed by atoms with Crippen molar-refractivity contribution in [1.82, 2.24) is 5.32 Å². The van der Waals surface area contributed by atoms with Crippen LogP contribution in [0.2, 0.25) is 4.34 Å². The first-order valence-corrected chi connectivity index (χ1v) is 8.33. The van der Waals surface area contributed by atoms with Crippen LogP contribution in [-0.4, -0.2) is 29.1 Å². The highest BCUT2D eigenvalue weighted by Gasteiger charge is 2.35. The molecule has 1 heterocycles. The lowest BCUT2D eigenvalue weighted by atomic mass is 10.1. The number of benzene rings is 1. The van der Waals surface area contributed by atoms with Gasteiger partial charge in [-0.15, -0.1) is 11.3 Å². The molecule has 132 valence electrons. The number of esters is 1. The number of halogens is 1. The van der Waals surface area contributed by atoms with Gasteiger partial charge in [0.1, 0.15) is 12.8 Å². The van der Waals surface area contributed by atoms with Crippen LogP contribution in [-0.2, 0) is 20.9 Å². The van der Waals surface area contributed by atoms with Crippen molar-refractivity contribution in [1.29, 1.82) is 0 Å². The minimum atomic E-state index is -1.73. The number of ether oxygens (including phenoxy) is 1. The van der Waals surface area contributed by atoms with Crippen molar-refractivity contribution in [2.24, 2.45) is 11.7 Å². The minimum absolute atomic E-state index is 0.0926. The molecule has 2 atom stereocenters. The minimum Gasteiger partial charge on any atom is -0.481 e. The number of carbonyl (C=O) groups excluding carboxylic acids is 2. The van der Waals surface area contributed by atoms with Gasteiger partial charge in [0.25, 0.3) is 5.91 Å². The summed E-state index contributed by atoms with van der Waals surface area (Å²) in [5.74, 6) is -4.88. The Morgan fingerprint density at radius 2 is 1.88 bits per heavy atom. The molecule has 0 spiro atoms. The Morgan fingerprint density at radius 1 is 1.20 bits per heavy atom. The summed E-state index contributed by atoms with van der Waals surface area (Å²) in [5.41, 5.74) is 6.39. The second-order valence-electron chi connectivity index (χ2n) is 5.01. The monoisotopic (exact) mass is 382 g/mol. The van der Waals surface area contributed by atoms with E-state index >= 15 is 0 Å². The zero-order chi connectivity index (χ0) is 18.4. The molecule has 0 aliphatic rings. The summed E-state index contributed by atoms with van der Waals surface area (Å²) in [5, 5.41) is 11.5. The second-order valence-corrected chi connectivity index (χ2v) is 6.73. The van der Waals surface area contributed by atoms with Crippen LogP contribution in [0.3, 0.4) is 0 Å². The van der Waals surface area contributed by atoms with E-state index in [0.717, 1.165) is 11.3 Å². The zero-order valence-corrected chi connectivity index (χ0v) is 14.4. The quantitative estimate of drug-likeness (QED) is 0.382. The molecule has 0 bridgehead atoms. The van der Waals surface area contributed by atoms with Crippen molar-refractivity contribution >= 4 is 40.8 Å². The third kappa shape index (κ3) is 5.28. The Bertz CT molecular complexity index is 765. The number of nitrogens with two attached hydrogens (primary N) is 1. The first kappa shape index (κ1) is 18.9. The standard InChI is InChI=1S/C16H15ClN2O5S/c17-11-7-6-10(25-11)14(20)19-13(18)12(15(21)22)16(23)24-8-9-4-2-1-3-5-9/h1-7,12-13H,8,18H2,(H,19,20)(H,21,22). The first-order chi connectivity index (χ1) is 11.9. The lowest BCUT2D eigenvalue weighted by Gasteiger charge is -2.19. The fourth-order valence-electron chi connectivity index (χ4n) is 1.96. The van der Waals surface area contributed by atoms with E-state index in [0.29, 0.717) is 9.90 Å². The van der Waals surface area contributed by atoms with E-state index in [-0.39, 0.29) is 11.5 Å². The smallest absolute Gasteiger partial charge is 0.324 e. The molecular weight excluding hydrogens is 368 g/mol. The largest absolute Gasteiger partial charge is 0.481 e. The molecule has 7 nitrogen and oxygen atoms in total. The first-order valence-electron chi connectivity index (χ1n) is 7.13. The Morgan fingerprint density at radius 3 is 2.44 bits per heavy atom. The van der Waals surface area contributed by atoms with Crippen molar-refractivity contribution in [3.63, 3.8) is 0 Å². The third-order valence-electron chi connectivity index (χ3n) is 3.20. The van der Waals surface area contributed by atoms with Crippen LogP contribution in [0.25, 0.3) is 0 Å². The zero-order valence-electron chi connectivity index (χ0n) is 12.8. The lowest BCUT2D eigenvalue weighted by molar-refractivity contribution is -0.160. The topological polar surface area (TPSA) is 119 Å². The van der Waals surface area contributed by atoms with E-state index in [1.54, 1.807) is 30.3 Å². The van der Waals surface area contributed by atoms with Crippen molar-refractivity contribution in [3.8, 4) is 0 Å². The van der Waals surface area contributed by atoms with Crippen LogP contribution in [0.1, 0.15) is 15.2 Å². The molecule has 4 N–H and O–H groups in total. The normalized spacial score (nSPS) is 12.9. The Labute approximate surface area is 152 Å². The molecule has 0 saturated heterocycles. The molecule has 0 aliphatic carbocycles. The van der Waals surface area contributed by atoms with E-state index in [2.05, 4.69) is 5.32 Å². The summed E-state index contributed by atoms with van der Waals surface area (Å²) >= 11 is 6.75. The van der Waals surface area contributed by atoms with Crippen molar-refractivity contribution in [3.05, 3.63) is 57.2 Å². The molecule has 1 aromatic heterocycles. The van der Waals surface area contributed by atoms with Crippen LogP contribution in [0.4, 0.5) is 0 Å². The van der Waals surface area contributed by atoms with Crippen LogP contribution >= 0.6 is 22.9 Å². The van der Waals surface area contributed by atoms with Crippen molar-refractivity contribution in [2.75, 3.05) is 0 Å². The Kier molecular flexibility index (Phi) is 6.51. The van der Waals surface area contributed by atoms with Crippen molar-refractivity contribution < 1.29 is 24.2 Å². The molecule has 0 aliphatic heterocycles. The summed E-state index contributed by atoms with van der Waals surface area (Å²) in [6, 6.07) is 11.8. The lowest BCUT2D eigenvalue weighted by Crippen LogP contribution is -2.52.